The zero-order valence-electron chi connectivity index (χ0n) is 19.9. The van der Waals surface area contributed by atoms with Crippen LogP contribution in [0.25, 0.3) is 10.9 Å². The molecule has 170 valence electrons. The molecule has 0 spiro atoms. The molecule has 1 atom stereocenters. The molecule has 0 radical (unpaired) electrons. The standard InChI is InChI=1S/C28H35NO3/c1-6-22(30)18-29-24-11-10-19(14-20(24)16-25(29)27(2,3)4)15-26(31)28(12-13-28)21-8-7-9-23(17-21)32-5/h7-11,14,16-17,22,30H,6,12-13,15,18H2,1-5H3/t22-/m0/s1. The Morgan fingerprint density at radius 3 is 2.53 bits per heavy atom. The second-order valence-electron chi connectivity index (χ2n) is 10.3. The summed E-state index contributed by atoms with van der Waals surface area (Å²) in [6.45, 7) is 9.19. The number of aliphatic hydroxyl groups excluding tert-OH is 1. The topological polar surface area (TPSA) is 51.5 Å². The van der Waals surface area contributed by atoms with Crippen molar-refractivity contribution < 1.29 is 14.6 Å². The van der Waals surface area contributed by atoms with E-state index < -0.39 is 0 Å². The lowest BCUT2D eigenvalue weighted by Crippen LogP contribution is -2.23. The quantitative estimate of drug-likeness (QED) is 0.506. The molecule has 4 heteroatoms. The number of nitrogens with zero attached hydrogens (tertiary/aromatic N) is 1. The molecule has 0 amide bonds. The highest BCUT2D eigenvalue weighted by Gasteiger charge is 2.50. The number of Topliss-reactive ketones (excluding diaryl/α,β-unsaturated/α-hetero) is 1. The molecule has 4 nitrogen and oxygen atoms in total. The molecule has 1 saturated carbocycles. The predicted octanol–water partition coefficient (Wildman–Crippen LogP) is 5.56. The third-order valence-electron chi connectivity index (χ3n) is 6.87. The Bertz CT molecular complexity index is 1130. The molecule has 4 rings (SSSR count). The number of benzene rings is 2. The Labute approximate surface area is 191 Å². The molecular formula is C28H35NO3. The van der Waals surface area contributed by atoms with E-state index in [-0.39, 0.29) is 22.7 Å². The highest BCUT2D eigenvalue weighted by Crippen LogP contribution is 2.50. The number of aromatic nitrogens is 1. The largest absolute Gasteiger partial charge is 0.497 e. The Balaban J connectivity index is 1.63. The van der Waals surface area contributed by atoms with Crippen molar-refractivity contribution >= 4 is 16.7 Å². The van der Waals surface area contributed by atoms with E-state index in [0.29, 0.717) is 13.0 Å². The van der Waals surface area contributed by atoms with Gasteiger partial charge in [0.1, 0.15) is 11.5 Å². The third kappa shape index (κ3) is 4.21. The number of rotatable bonds is 8. The zero-order chi connectivity index (χ0) is 23.1. The molecule has 0 unspecified atom stereocenters. The van der Waals surface area contributed by atoms with E-state index >= 15 is 0 Å². The number of ketones is 1. The van der Waals surface area contributed by atoms with Crippen molar-refractivity contribution in [1.29, 1.82) is 0 Å². The summed E-state index contributed by atoms with van der Waals surface area (Å²) in [5.74, 6) is 1.08. The smallest absolute Gasteiger partial charge is 0.147 e. The van der Waals surface area contributed by atoms with E-state index in [1.807, 2.05) is 31.2 Å². The molecule has 1 N–H and O–H groups in total. The molecule has 1 aliphatic rings. The average Bonchev–Trinajstić information content (AvgIpc) is 3.50. The number of methoxy groups -OCH3 is 1. The first-order valence-corrected chi connectivity index (χ1v) is 11.7. The minimum Gasteiger partial charge on any atom is -0.497 e. The van der Waals surface area contributed by atoms with Gasteiger partial charge < -0.3 is 14.4 Å². The van der Waals surface area contributed by atoms with Crippen molar-refractivity contribution in [3.8, 4) is 5.75 Å². The van der Waals surface area contributed by atoms with Gasteiger partial charge in [0.2, 0.25) is 0 Å². The maximum atomic E-state index is 13.4. The SMILES string of the molecule is CC[C@H](O)Cn1c(C(C)(C)C)cc2cc(CC(=O)C3(c4cccc(OC)c4)CC3)ccc21. The molecule has 0 aliphatic heterocycles. The van der Waals surface area contributed by atoms with Crippen molar-refractivity contribution in [3.05, 3.63) is 65.4 Å². The van der Waals surface area contributed by atoms with Gasteiger partial charge in [-0.2, -0.15) is 0 Å². The number of aliphatic hydroxyl groups is 1. The first-order valence-electron chi connectivity index (χ1n) is 11.7. The number of hydrogen-bond acceptors (Lipinski definition) is 3. The van der Waals surface area contributed by atoms with Crippen LogP contribution in [0.2, 0.25) is 0 Å². The zero-order valence-corrected chi connectivity index (χ0v) is 19.9. The van der Waals surface area contributed by atoms with E-state index in [1.54, 1.807) is 7.11 Å². The van der Waals surface area contributed by atoms with Gasteiger partial charge in [-0.1, -0.05) is 45.9 Å². The summed E-state index contributed by atoms with van der Waals surface area (Å²) in [7, 11) is 1.66. The lowest BCUT2D eigenvalue weighted by atomic mass is 9.87. The maximum Gasteiger partial charge on any atom is 0.147 e. The summed E-state index contributed by atoms with van der Waals surface area (Å²) in [6, 6.07) is 16.5. The van der Waals surface area contributed by atoms with Crippen LogP contribution < -0.4 is 4.74 Å². The molecule has 32 heavy (non-hydrogen) atoms. The minimum atomic E-state index is -0.370. The van der Waals surface area contributed by atoms with Crippen LogP contribution >= 0.6 is 0 Å². The summed E-state index contributed by atoms with van der Waals surface area (Å²) in [6.07, 6.45) is 2.59. The first kappa shape index (κ1) is 22.6. The summed E-state index contributed by atoms with van der Waals surface area (Å²) < 4.78 is 7.61. The Kier molecular flexibility index (Phi) is 5.93. The minimum absolute atomic E-state index is 0.0348. The van der Waals surface area contributed by atoms with Gasteiger partial charge in [0.15, 0.2) is 0 Å². The van der Waals surface area contributed by atoms with Crippen LogP contribution in [0.3, 0.4) is 0 Å². The van der Waals surface area contributed by atoms with Crippen LogP contribution in [0.4, 0.5) is 0 Å². The lowest BCUT2D eigenvalue weighted by Gasteiger charge is -2.23. The third-order valence-corrected chi connectivity index (χ3v) is 6.87. The van der Waals surface area contributed by atoms with Crippen LogP contribution in [-0.4, -0.2) is 28.7 Å². The van der Waals surface area contributed by atoms with Gasteiger partial charge in [-0.05, 0) is 60.7 Å². The number of fused-ring (bicyclic) bond motifs is 1. The van der Waals surface area contributed by atoms with Gasteiger partial charge in [-0.3, -0.25) is 4.79 Å². The average molecular weight is 434 g/mol. The second kappa shape index (κ2) is 8.40. The first-order chi connectivity index (χ1) is 15.2. The maximum absolute atomic E-state index is 13.4. The summed E-state index contributed by atoms with van der Waals surface area (Å²) in [5.41, 5.74) is 4.04. The van der Waals surface area contributed by atoms with Gasteiger partial charge in [0.25, 0.3) is 0 Å². The van der Waals surface area contributed by atoms with E-state index in [2.05, 4.69) is 49.6 Å². The Hall–Kier alpha value is -2.59. The normalized spacial score (nSPS) is 16.2. The number of carbonyl (C=O) groups excluding carboxylic acids is 1. The molecule has 1 heterocycles. The van der Waals surface area contributed by atoms with Gasteiger partial charge in [0.05, 0.1) is 18.6 Å². The summed E-state index contributed by atoms with van der Waals surface area (Å²) >= 11 is 0. The lowest BCUT2D eigenvalue weighted by molar-refractivity contribution is -0.120. The van der Waals surface area contributed by atoms with Gasteiger partial charge in [-0.25, -0.2) is 0 Å². The van der Waals surface area contributed by atoms with Crippen molar-refractivity contribution in [2.75, 3.05) is 7.11 Å². The van der Waals surface area contributed by atoms with E-state index in [1.165, 1.54) is 5.69 Å². The van der Waals surface area contributed by atoms with Crippen molar-refractivity contribution in [2.24, 2.45) is 0 Å². The van der Waals surface area contributed by atoms with Gasteiger partial charge >= 0.3 is 0 Å². The van der Waals surface area contributed by atoms with Crippen LogP contribution in [0, 0.1) is 0 Å². The molecule has 1 aromatic heterocycles. The van der Waals surface area contributed by atoms with Gasteiger partial charge in [-0.15, -0.1) is 0 Å². The molecule has 3 aromatic rings. The predicted molar refractivity (Wildman–Crippen MR) is 130 cm³/mol. The van der Waals surface area contributed by atoms with E-state index in [4.69, 9.17) is 4.74 Å². The van der Waals surface area contributed by atoms with Crippen molar-refractivity contribution in [1.82, 2.24) is 4.57 Å². The number of hydrogen-bond donors (Lipinski definition) is 1. The molecule has 0 saturated heterocycles. The van der Waals surface area contributed by atoms with Crippen LogP contribution in [0.15, 0.2) is 48.5 Å². The molecule has 0 bridgehead atoms. The Morgan fingerprint density at radius 2 is 1.91 bits per heavy atom. The summed E-state index contributed by atoms with van der Waals surface area (Å²) in [5, 5.41) is 11.5. The fourth-order valence-electron chi connectivity index (χ4n) is 4.72. The second-order valence-corrected chi connectivity index (χ2v) is 10.3. The highest BCUT2D eigenvalue weighted by molar-refractivity contribution is 5.95. The Morgan fingerprint density at radius 1 is 1.16 bits per heavy atom. The fourth-order valence-corrected chi connectivity index (χ4v) is 4.72. The molecule has 1 aliphatic carbocycles. The fraction of sp³-hybridized carbons (Fsp3) is 0.464. The van der Waals surface area contributed by atoms with Crippen molar-refractivity contribution in [3.63, 3.8) is 0 Å². The van der Waals surface area contributed by atoms with Gasteiger partial charge in [0, 0.05) is 35.0 Å². The molecular weight excluding hydrogens is 398 g/mol. The number of ether oxygens (including phenoxy) is 1. The van der Waals surface area contributed by atoms with Crippen LogP contribution in [-0.2, 0) is 28.6 Å². The number of carbonyl (C=O) groups is 1. The summed E-state index contributed by atoms with van der Waals surface area (Å²) in [4.78, 5) is 13.4. The van der Waals surface area contributed by atoms with Crippen LogP contribution in [0.5, 0.6) is 5.75 Å². The van der Waals surface area contributed by atoms with E-state index in [0.717, 1.165) is 47.0 Å². The monoisotopic (exact) mass is 433 g/mol. The highest BCUT2D eigenvalue weighted by atomic mass is 16.5. The molecule has 1 fully saturated rings. The van der Waals surface area contributed by atoms with Crippen molar-refractivity contribution in [2.45, 2.75) is 76.9 Å². The van der Waals surface area contributed by atoms with Crippen LogP contribution in [0.1, 0.15) is 63.8 Å². The van der Waals surface area contributed by atoms with E-state index in [9.17, 15) is 9.90 Å². The molecule has 2 aromatic carbocycles.